The molecule has 1 unspecified atom stereocenters. The summed E-state index contributed by atoms with van der Waals surface area (Å²) in [5, 5.41) is 6.92. The fraction of sp³-hybridized carbons (Fsp3) is 0.286. The molecule has 43 heavy (non-hydrogen) atoms. The molecule has 8 heteroatoms. The second-order valence-electron chi connectivity index (χ2n) is 11.9. The molecule has 5 nitrogen and oxygen atoms in total. The number of carbonyl (C=O) groups excluding carboxylic acids is 1. The summed E-state index contributed by atoms with van der Waals surface area (Å²) in [5.41, 5.74) is 2.89. The first kappa shape index (κ1) is 27.4. The molecule has 0 amide bonds. The molecule has 1 saturated carbocycles. The Bertz CT molecular complexity index is 1740. The van der Waals surface area contributed by atoms with Gasteiger partial charge in [0, 0.05) is 34.2 Å². The molecule has 4 aromatic carbocycles. The lowest BCUT2D eigenvalue weighted by atomic mass is 9.76. The number of alkyl halides is 3. The van der Waals surface area contributed by atoms with Crippen molar-refractivity contribution in [3.63, 3.8) is 0 Å². The van der Waals surface area contributed by atoms with Gasteiger partial charge < -0.3 is 20.1 Å². The van der Waals surface area contributed by atoms with E-state index in [4.69, 9.17) is 9.47 Å². The second-order valence-corrected chi connectivity index (χ2v) is 11.9. The normalized spacial score (nSPS) is 22.2. The number of nitrogens with one attached hydrogen (secondary N) is 2. The molecular weight excluding hydrogens is 553 g/mol. The molecule has 1 fully saturated rings. The van der Waals surface area contributed by atoms with Gasteiger partial charge in [0.2, 0.25) is 0 Å². The molecule has 1 aliphatic carbocycles. The Morgan fingerprint density at radius 3 is 2.40 bits per heavy atom. The minimum Gasteiger partial charge on any atom is -0.456 e. The van der Waals surface area contributed by atoms with Crippen molar-refractivity contribution < 1.29 is 27.4 Å². The van der Waals surface area contributed by atoms with Crippen LogP contribution in [-0.2, 0) is 16.5 Å². The van der Waals surface area contributed by atoms with Crippen molar-refractivity contribution in [1.29, 1.82) is 0 Å². The van der Waals surface area contributed by atoms with Gasteiger partial charge in [0.05, 0.1) is 16.7 Å². The molecule has 1 spiro atoms. The van der Waals surface area contributed by atoms with Crippen molar-refractivity contribution in [2.75, 3.05) is 10.6 Å². The third-order valence-corrected chi connectivity index (χ3v) is 8.92. The van der Waals surface area contributed by atoms with E-state index in [0.717, 1.165) is 49.1 Å². The van der Waals surface area contributed by atoms with Gasteiger partial charge in [-0.05, 0) is 92.6 Å². The molecule has 0 saturated heterocycles. The molecule has 4 aromatic rings. The van der Waals surface area contributed by atoms with E-state index in [1.54, 1.807) is 12.1 Å². The Labute approximate surface area is 248 Å². The Hall–Kier alpha value is -4.46. The third-order valence-electron chi connectivity index (χ3n) is 8.92. The standard InChI is InChI=1S/C35H31F3N2O3/c1-20-13-15-23(16-14-20)39-28-11-6-12-30-32(28)34(26-10-4-3-9-25(26)33(41)43-34)27-19-29(21(2)17-31(27)42-30)40-24-8-5-7-22(18-24)35(36,37)38/h3-12,17-20,23,39-40H,13-16H2,1-2H3. The van der Waals surface area contributed by atoms with Gasteiger partial charge >= 0.3 is 12.1 Å². The molecule has 0 bridgehead atoms. The van der Waals surface area contributed by atoms with Crippen LogP contribution in [0.3, 0.4) is 0 Å². The first-order valence-corrected chi connectivity index (χ1v) is 14.6. The number of halogens is 3. The molecule has 2 heterocycles. The summed E-state index contributed by atoms with van der Waals surface area (Å²) >= 11 is 0. The molecule has 7 rings (SSSR count). The second kappa shape index (κ2) is 10.1. The fourth-order valence-electron chi connectivity index (χ4n) is 6.68. The van der Waals surface area contributed by atoms with Gasteiger partial charge in [0.25, 0.3) is 0 Å². The number of fused-ring (bicyclic) bond motifs is 6. The van der Waals surface area contributed by atoms with Crippen LogP contribution in [0.15, 0.2) is 78.9 Å². The van der Waals surface area contributed by atoms with Gasteiger partial charge in [-0.2, -0.15) is 13.2 Å². The summed E-state index contributed by atoms with van der Waals surface area (Å²) in [6, 6.07) is 22.2. The maximum atomic E-state index is 13.5. The van der Waals surface area contributed by atoms with Crippen LogP contribution in [-0.4, -0.2) is 12.0 Å². The maximum absolute atomic E-state index is 13.5. The summed E-state index contributed by atoms with van der Waals surface area (Å²) < 4.78 is 53.3. The molecule has 0 aromatic heterocycles. The van der Waals surface area contributed by atoms with Crippen LogP contribution in [0.5, 0.6) is 11.5 Å². The average Bonchev–Trinajstić information content (AvgIpc) is 3.27. The number of rotatable bonds is 4. The topological polar surface area (TPSA) is 59.6 Å². The van der Waals surface area contributed by atoms with E-state index in [-0.39, 0.29) is 6.04 Å². The highest BCUT2D eigenvalue weighted by Gasteiger charge is 2.55. The third kappa shape index (κ3) is 4.60. The van der Waals surface area contributed by atoms with Crippen LogP contribution in [0.4, 0.5) is 30.2 Å². The summed E-state index contributed by atoms with van der Waals surface area (Å²) in [6.45, 7) is 4.14. The lowest BCUT2D eigenvalue weighted by Crippen LogP contribution is -2.35. The molecule has 2 N–H and O–H groups in total. The lowest BCUT2D eigenvalue weighted by Gasteiger charge is -2.39. The highest BCUT2D eigenvalue weighted by molar-refractivity contribution is 5.97. The summed E-state index contributed by atoms with van der Waals surface area (Å²) in [6.07, 6.45) is -0.116. The van der Waals surface area contributed by atoms with Crippen molar-refractivity contribution in [3.8, 4) is 11.5 Å². The lowest BCUT2D eigenvalue weighted by molar-refractivity contribution is -0.137. The Morgan fingerprint density at radius 2 is 1.60 bits per heavy atom. The molecule has 220 valence electrons. The number of hydrogen-bond acceptors (Lipinski definition) is 5. The van der Waals surface area contributed by atoms with Crippen LogP contribution in [0.25, 0.3) is 0 Å². The Morgan fingerprint density at radius 1 is 0.837 bits per heavy atom. The van der Waals surface area contributed by atoms with Crippen LogP contribution >= 0.6 is 0 Å². The van der Waals surface area contributed by atoms with Gasteiger partial charge in [0.15, 0.2) is 5.60 Å². The van der Waals surface area contributed by atoms with E-state index in [9.17, 15) is 18.0 Å². The van der Waals surface area contributed by atoms with Crippen molar-refractivity contribution in [3.05, 3.63) is 112 Å². The van der Waals surface area contributed by atoms with E-state index < -0.39 is 23.3 Å². The van der Waals surface area contributed by atoms with Gasteiger partial charge in [-0.3, -0.25) is 0 Å². The predicted octanol–water partition coefficient (Wildman–Crippen LogP) is 9.32. The zero-order chi connectivity index (χ0) is 29.9. The first-order chi connectivity index (χ1) is 20.6. The first-order valence-electron chi connectivity index (χ1n) is 14.6. The van der Waals surface area contributed by atoms with Crippen LogP contribution < -0.4 is 15.4 Å². The highest BCUT2D eigenvalue weighted by Crippen LogP contribution is 2.59. The van der Waals surface area contributed by atoms with Crippen LogP contribution in [0, 0.1) is 12.8 Å². The zero-order valence-electron chi connectivity index (χ0n) is 23.8. The van der Waals surface area contributed by atoms with E-state index in [1.807, 2.05) is 55.5 Å². The minimum atomic E-state index is -4.47. The summed E-state index contributed by atoms with van der Waals surface area (Å²) in [4.78, 5) is 13.5. The molecule has 2 aliphatic heterocycles. The van der Waals surface area contributed by atoms with Crippen molar-refractivity contribution >= 4 is 23.0 Å². The number of benzene rings is 4. The smallest absolute Gasteiger partial charge is 0.416 e. The number of esters is 1. The number of aryl methyl sites for hydroxylation is 1. The zero-order valence-corrected chi connectivity index (χ0v) is 23.8. The summed E-state index contributed by atoms with van der Waals surface area (Å²) in [5.74, 6) is 1.36. The SMILES string of the molecule is Cc1cc2c(cc1Nc1cccc(C(F)(F)F)c1)C1(OC(=O)c3ccccc31)c1c(NC3CCC(C)CC3)cccc1O2. The van der Waals surface area contributed by atoms with Crippen molar-refractivity contribution in [2.45, 2.75) is 57.3 Å². The molecule has 1 atom stereocenters. The van der Waals surface area contributed by atoms with Crippen LogP contribution in [0.2, 0.25) is 0 Å². The van der Waals surface area contributed by atoms with Crippen molar-refractivity contribution in [2.24, 2.45) is 5.92 Å². The van der Waals surface area contributed by atoms with Gasteiger partial charge in [-0.15, -0.1) is 0 Å². The van der Waals surface area contributed by atoms with E-state index in [0.29, 0.717) is 51.0 Å². The fourth-order valence-corrected chi connectivity index (χ4v) is 6.68. The van der Waals surface area contributed by atoms with Gasteiger partial charge in [-0.25, -0.2) is 4.79 Å². The number of anilines is 3. The monoisotopic (exact) mass is 584 g/mol. The number of carbonyl (C=O) groups is 1. The molecule has 3 aliphatic rings. The largest absolute Gasteiger partial charge is 0.456 e. The average molecular weight is 585 g/mol. The maximum Gasteiger partial charge on any atom is 0.416 e. The number of hydrogen-bond donors (Lipinski definition) is 2. The molecule has 0 radical (unpaired) electrons. The molecular formula is C35H31F3N2O3. The quantitative estimate of drug-likeness (QED) is 0.234. The minimum absolute atomic E-state index is 0.268. The Balaban J connectivity index is 1.39. The van der Waals surface area contributed by atoms with E-state index in [2.05, 4.69) is 17.6 Å². The van der Waals surface area contributed by atoms with Crippen LogP contribution in [0.1, 0.15) is 70.8 Å². The highest BCUT2D eigenvalue weighted by atomic mass is 19.4. The summed E-state index contributed by atoms with van der Waals surface area (Å²) in [7, 11) is 0. The van der Waals surface area contributed by atoms with Gasteiger partial charge in [0.1, 0.15) is 11.5 Å². The van der Waals surface area contributed by atoms with E-state index in [1.165, 1.54) is 6.07 Å². The Kier molecular flexibility index (Phi) is 6.41. The predicted molar refractivity (Wildman–Crippen MR) is 159 cm³/mol. The van der Waals surface area contributed by atoms with Gasteiger partial charge in [-0.1, -0.05) is 37.3 Å². The number of ether oxygens (including phenoxy) is 2. The van der Waals surface area contributed by atoms with Crippen molar-refractivity contribution in [1.82, 2.24) is 0 Å². The van der Waals surface area contributed by atoms with E-state index >= 15 is 0 Å².